The van der Waals surface area contributed by atoms with E-state index in [0.717, 1.165) is 31.5 Å². The van der Waals surface area contributed by atoms with Gasteiger partial charge in [0.05, 0.1) is 5.54 Å². The molecule has 18 heavy (non-hydrogen) atoms. The van der Waals surface area contributed by atoms with Crippen molar-refractivity contribution in [2.75, 3.05) is 27.2 Å². The average Bonchev–Trinajstić information content (AvgIpc) is 2.77. The first kappa shape index (κ1) is 13.1. The van der Waals surface area contributed by atoms with Gasteiger partial charge in [-0.15, -0.1) is 0 Å². The monoisotopic (exact) mass is 247 g/mol. The van der Waals surface area contributed by atoms with Crippen molar-refractivity contribution in [1.82, 2.24) is 10.2 Å². The van der Waals surface area contributed by atoms with E-state index in [1.54, 1.807) is 0 Å². The highest BCUT2D eigenvalue weighted by molar-refractivity contribution is 5.94. The number of nitrogens with two attached hydrogens (primary N) is 1. The normalized spacial score (nSPS) is 23.5. The van der Waals surface area contributed by atoms with Crippen molar-refractivity contribution in [1.29, 1.82) is 0 Å². The van der Waals surface area contributed by atoms with E-state index in [1.807, 2.05) is 24.3 Å². The Morgan fingerprint density at radius 3 is 2.72 bits per heavy atom. The fourth-order valence-electron chi connectivity index (χ4n) is 2.91. The molecule has 98 valence electrons. The first-order valence-electron chi connectivity index (χ1n) is 6.34. The smallest absolute Gasteiger partial charge is 0.249 e. The summed E-state index contributed by atoms with van der Waals surface area (Å²) in [7, 11) is 4.10. The van der Waals surface area contributed by atoms with E-state index < -0.39 is 0 Å². The molecule has 1 amide bonds. The van der Waals surface area contributed by atoms with Crippen LogP contribution in [0.5, 0.6) is 0 Å². The van der Waals surface area contributed by atoms with E-state index >= 15 is 0 Å². The molecule has 4 nitrogen and oxygen atoms in total. The molecule has 1 aliphatic heterocycles. The number of hydrogen-bond donors (Lipinski definition) is 2. The van der Waals surface area contributed by atoms with Gasteiger partial charge in [-0.3, -0.25) is 4.79 Å². The highest BCUT2D eigenvalue weighted by Gasteiger charge is 2.37. The van der Waals surface area contributed by atoms with Crippen molar-refractivity contribution < 1.29 is 4.79 Å². The van der Waals surface area contributed by atoms with Gasteiger partial charge in [0.1, 0.15) is 0 Å². The van der Waals surface area contributed by atoms with Crippen LogP contribution in [-0.2, 0) is 5.54 Å². The number of nitrogens with one attached hydrogen (secondary N) is 1. The molecule has 1 fully saturated rings. The van der Waals surface area contributed by atoms with Crippen LogP contribution in [0.2, 0.25) is 0 Å². The number of benzene rings is 1. The van der Waals surface area contributed by atoms with Gasteiger partial charge in [0.15, 0.2) is 0 Å². The van der Waals surface area contributed by atoms with Crippen LogP contribution in [0.15, 0.2) is 24.3 Å². The van der Waals surface area contributed by atoms with Crippen LogP contribution in [0.25, 0.3) is 0 Å². The van der Waals surface area contributed by atoms with Gasteiger partial charge < -0.3 is 16.0 Å². The van der Waals surface area contributed by atoms with Crippen molar-refractivity contribution in [3.63, 3.8) is 0 Å². The molecule has 0 bridgehead atoms. The molecule has 1 atom stereocenters. The number of nitrogens with zero attached hydrogens (tertiary/aromatic N) is 1. The van der Waals surface area contributed by atoms with Gasteiger partial charge in [0.2, 0.25) is 5.91 Å². The lowest BCUT2D eigenvalue weighted by molar-refractivity contribution is 0.0996. The molecule has 4 heteroatoms. The van der Waals surface area contributed by atoms with Crippen molar-refractivity contribution in [3.05, 3.63) is 35.4 Å². The van der Waals surface area contributed by atoms with Crippen molar-refractivity contribution in [2.45, 2.75) is 18.4 Å². The van der Waals surface area contributed by atoms with E-state index in [2.05, 4.69) is 24.3 Å². The van der Waals surface area contributed by atoms with Crippen LogP contribution in [0.4, 0.5) is 0 Å². The lowest BCUT2D eigenvalue weighted by Crippen LogP contribution is -2.46. The number of rotatable bonds is 4. The molecule has 1 aromatic rings. The topological polar surface area (TPSA) is 58.4 Å². The van der Waals surface area contributed by atoms with E-state index in [-0.39, 0.29) is 11.4 Å². The van der Waals surface area contributed by atoms with Gasteiger partial charge in [0, 0.05) is 12.1 Å². The first-order valence-corrected chi connectivity index (χ1v) is 6.34. The number of amides is 1. The molecule has 1 aliphatic rings. The minimum atomic E-state index is -0.350. The second-order valence-electron chi connectivity index (χ2n) is 5.26. The maximum atomic E-state index is 11.6. The summed E-state index contributed by atoms with van der Waals surface area (Å²) < 4.78 is 0. The maximum absolute atomic E-state index is 11.6. The minimum absolute atomic E-state index is 0.144. The van der Waals surface area contributed by atoms with Crippen LogP contribution in [0, 0.1) is 0 Å². The lowest BCUT2D eigenvalue weighted by Gasteiger charge is -2.34. The maximum Gasteiger partial charge on any atom is 0.249 e. The predicted molar refractivity (Wildman–Crippen MR) is 72.4 cm³/mol. The molecule has 0 aliphatic carbocycles. The van der Waals surface area contributed by atoms with Crippen molar-refractivity contribution >= 4 is 5.91 Å². The second-order valence-corrected chi connectivity index (χ2v) is 5.26. The molecule has 1 saturated heterocycles. The Kier molecular flexibility index (Phi) is 3.68. The van der Waals surface area contributed by atoms with Gasteiger partial charge in [-0.2, -0.15) is 0 Å². The Morgan fingerprint density at radius 2 is 2.17 bits per heavy atom. The molecule has 2 rings (SSSR count). The molecule has 0 saturated carbocycles. The summed E-state index contributed by atoms with van der Waals surface area (Å²) in [5.41, 5.74) is 7.01. The third kappa shape index (κ3) is 2.40. The quantitative estimate of drug-likeness (QED) is 0.832. The Hall–Kier alpha value is -1.39. The summed E-state index contributed by atoms with van der Waals surface area (Å²) in [5.74, 6) is -0.350. The predicted octanol–water partition coefficient (Wildman–Crippen LogP) is 0.926. The number of carbonyl (C=O) groups is 1. The molecular formula is C14H21N3O. The molecule has 3 N–H and O–H groups in total. The summed E-state index contributed by atoms with van der Waals surface area (Å²) >= 11 is 0. The Bertz CT molecular complexity index is 436. The van der Waals surface area contributed by atoms with Crippen molar-refractivity contribution in [2.24, 2.45) is 5.73 Å². The Labute approximate surface area is 108 Å². The van der Waals surface area contributed by atoms with Crippen LogP contribution in [0.3, 0.4) is 0 Å². The number of carbonyl (C=O) groups excluding carboxylic acids is 1. The van der Waals surface area contributed by atoms with Crippen molar-refractivity contribution in [3.8, 4) is 0 Å². The summed E-state index contributed by atoms with van der Waals surface area (Å²) in [6.45, 7) is 1.86. The van der Waals surface area contributed by atoms with E-state index in [0.29, 0.717) is 5.56 Å². The highest BCUT2D eigenvalue weighted by Crippen LogP contribution is 2.33. The molecule has 0 spiro atoms. The lowest BCUT2D eigenvalue weighted by atomic mass is 9.84. The van der Waals surface area contributed by atoms with E-state index in [4.69, 9.17) is 5.73 Å². The van der Waals surface area contributed by atoms with Crippen LogP contribution in [0.1, 0.15) is 28.8 Å². The highest BCUT2D eigenvalue weighted by atomic mass is 16.1. The van der Waals surface area contributed by atoms with Gasteiger partial charge in [-0.25, -0.2) is 0 Å². The zero-order valence-electron chi connectivity index (χ0n) is 11.1. The zero-order chi connectivity index (χ0) is 13.2. The largest absolute Gasteiger partial charge is 0.366 e. The first-order chi connectivity index (χ1) is 8.55. The number of hydrogen-bond acceptors (Lipinski definition) is 3. The summed E-state index contributed by atoms with van der Waals surface area (Å²) in [6, 6.07) is 7.66. The molecular weight excluding hydrogens is 226 g/mol. The standard InChI is InChI=1S/C14H21N3O/c1-17(2)10-14(8-5-9-16-14)12-7-4-3-6-11(12)13(15)18/h3-4,6-7,16H,5,8-10H2,1-2H3,(H2,15,18)/t14-/m0/s1. The molecule has 0 unspecified atom stereocenters. The summed E-state index contributed by atoms with van der Waals surface area (Å²) in [5, 5.41) is 3.56. The number of likely N-dealkylation sites (N-methyl/N-ethyl adjacent to an activating group) is 1. The van der Waals surface area contributed by atoms with Gasteiger partial charge in [-0.05, 0) is 45.1 Å². The summed E-state index contributed by atoms with van der Waals surface area (Å²) in [4.78, 5) is 13.7. The zero-order valence-corrected chi connectivity index (χ0v) is 11.1. The van der Waals surface area contributed by atoms with Gasteiger partial charge in [-0.1, -0.05) is 18.2 Å². The fraction of sp³-hybridized carbons (Fsp3) is 0.500. The molecule has 1 heterocycles. The molecule has 0 aromatic heterocycles. The third-order valence-electron chi connectivity index (χ3n) is 3.54. The Morgan fingerprint density at radius 1 is 1.44 bits per heavy atom. The third-order valence-corrected chi connectivity index (χ3v) is 3.54. The van der Waals surface area contributed by atoms with Crippen LogP contribution in [-0.4, -0.2) is 38.0 Å². The molecule has 1 aromatic carbocycles. The van der Waals surface area contributed by atoms with E-state index in [9.17, 15) is 4.79 Å². The number of primary amides is 1. The Balaban J connectivity index is 2.46. The minimum Gasteiger partial charge on any atom is -0.366 e. The molecule has 0 radical (unpaired) electrons. The SMILES string of the molecule is CN(C)C[C@]1(c2ccccc2C(N)=O)CCCN1. The van der Waals surface area contributed by atoms with Gasteiger partial charge >= 0.3 is 0 Å². The summed E-state index contributed by atoms with van der Waals surface area (Å²) in [6.07, 6.45) is 2.16. The van der Waals surface area contributed by atoms with Crippen LogP contribution < -0.4 is 11.1 Å². The second kappa shape index (κ2) is 5.08. The van der Waals surface area contributed by atoms with Crippen LogP contribution >= 0.6 is 0 Å². The average molecular weight is 247 g/mol. The van der Waals surface area contributed by atoms with Gasteiger partial charge in [0.25, 0.3) is 0 Å². The fourth-order valence-corrected chi connectivity index (χ4v) is 2.91. The van der Waals surface area contributed by atoms with E-state index in [1.165, 1.54) is 0 Å².